The van der Waals surface area contributed by atoms with Gasteiger partial charge in [0.1, 0.15) is 5.82 Å². The van der Waals surface area contributed by atoms with Crippen LogP contribution in [0.5, 0.6) is 0 Å². The lowest BCUT2D eigenvalue weighted by Crippen LogP contribution is -2.14. The average Bonchev–Trinajstić information content (AvgIpc) is 2.43. The molecule has 0 saturated heterocycles. The molecule has 106 valence electrons. The number of nitrogens with zero attached hydrogens (tertiary/aromatic N) is 1. The van der Waals surface area contributed by atoms with E-state index in [0.29, 0.717) is 5.56 Å². The van der Waals surface area contributed by atoms with E-state index in [1.54, 1.807) is 0 Å². The molecule has 0 radical (unpaired) electrons. The standard InChI is InChI=1S/C12H10BrFN2O3S/c13-10-3-2-9(5-11(10)14)16-20(18,19)12-4-1-8(7-17)6-15-12/h1-6,16-17H,7H2. The molecule has 2 rings (SSSR count). The van der Waals surface area contributed by atoms with E-state index in [0.717, 1.165) is 6.07 Å². The lowest BCUT2D eigenvalue weighted by atomic mass is 10.3. The van der Waals surface area contributed by atoms with Crippen LogP contribution in [0, 0.1) is 5.82 Å². The minimum absolute atomic E-state index is 0.0961. The maximum atomic E-state index is 13.3. The summed E-state index contributed by atoms with van der Waals surface area (Å²) in [7, 11) is -3.89. The highest BCUT2D eigenvalue weighted by Gasteiger charge is 2.16. The predicted octanol–water partition coefficient (Wildman–Crippen LogP) is 2.28. The Labute approximate surface area is 123 Å². The van der Waals surface area contributed by atoms with Gasteiger partial charge in [-0.2, -0.15) is 8.42 Å². The Bertz CT molecular complexity index is 720. The molecule has 0 spiro atoms. The van der Waals surface area contributed by atoms with E-state index in [-0.39, 0.29) is 21.8 Å². The molecule has 0 saturated carbocycles. The Hall–Kier alpha value is -1.51. The molecular weight excluding hydrogens is 351 g/mol. The molecule has 0 aliphatic rings. The first-order valence-electron chi connectivity index (χ1n) is 5.46. The molecule has 0 unspecified atom stereocenters. The largest absolute Gasteiger partial charge is 0.392 e. The molecule has 0 bridgehead atoms. The van der Waals surface area contributed by atoms with E-state index in [4.69, 9.17) is 5.11 Å². The van der Waals surface area contributed by atoms with Gasteiger partial charge in [0.2, 0.25) is 0 Å². The average molecular weight is 361 g/mol. The number of anilines is 1. The summed E-state index contributed by atoms with van der Waals surface area (Å²) < 4.78 is 39.9. The number of halogens is 2. The van der Waals surface area contributed by atoms with Gasteiger partial charge in [-0.3, -0.25) is 4.72 Å². The SMILES string of the molecule is O=S(=O)(Nc1ccc(Br)c(F)c1)c1ccc(CO)cn1. The van der Waals surface area contributed by atoms with Crippen LogP contribution >= 0.6 is 15.9 Å². The van der Waals surface area contributed by atoms with E-state index in [9.17, 15) is 12.8 Å². The van der Waals surface area contributed by atoms with Crippen LogP contribution in [-0.4, -0.2) is 18.5 Å². The van der Waals surface area contributed by atoms with Crippen molar-refractivity contribution < 1.29 is 17.9 Å². The molecule has 1 aromatic heterocycles. The number of sulfonamides is 1. The smallest absolute Gasteiger partial charge is 0.279 e. The van der Waals surface area contributed by atoms with Crippen molar-refractivity contribution in [1.29, 1.82) is 0 Å². The fourth-order valence-electron chi connectivity index (χ4n) is 1.43. The van der Waals surface area contributed by atoms with E-state index < -0.39 is 15.8 Å². The van der Waals surface area contributed by atoms with Crippen molar-refractivity contribution in [2.24, 2.45) is 0 Å². The quantitative estimate of drug-likeness (QED) is 0.876. The highest BCUT2D eigenvalue weighted by atomic mass is 79.9. The van der Waals surface area contributed by atoms with Crippen LogP contribution in [0.15, 0.2) is 46.0 Å². The van der Waals surface area contributed by atoms with Gasteiger partial charge in [-0.25, -0.2) is 9.37 Å². The third-order valence-corrected chi connectivity index (χ3v) is 4.37. The molecule has 1 aromatic carbocycles. The number of rotatable bonds is 4. The number of pyridine rings is 1. The van der Waals surface area contributed by atoms with Gasteiger partial charge in [0.05, 0.1) is 16.8 Å². The minimum atomic E-state index is -3.89. The van der Waals surface area contributed by atoms with Crippen LogP contribution < -0.4 is 4.72 Å². The van der Waals surface area contributed by atoms with Crippen molar-refractivity contribution in [2.75, 3.05) is 4.72 Å². The number of hydrogen-bond donors (Lipinski definition) is 2. The van der Waals surface area contributed by atoms with E-state index in [2.05, 4.69) is 25.6 Å². The molecular formula is C12H10BrFN2O3S. The first-order chi connectivity index (χ1) is 9.42. The van der Waals surface area contributed by atoms with Gasteiger partial charge in [-0.05, 0) is 45.8 Å². The molecule has 20 heavy (non-hydrogen) atoms. The molecule has 0 fully saturated rings. The third kappa shape index (κ3) is 3.33. The Kier molecular flexibility index (Phi) is 4.36. The topological polar surface area (TPSA) is 79.3 Å². The molecule has 0 aliphatic heterocycles. The van der Waals surface area contributed by atoms with Crippen molar-refractivity contribution >= 4 is 31.6 Å². The number of benzene rings is 1. The van der Waals surface area contributed by atoms with Crippen molar-refractivity contribution in [3.8, 4) is 0 Å². The Morgan fingerprint density at radius 3 is 2.60 bits per heavy atom. The van der Waals surface area contributed by atoms with E-state index in [1.807, 2.05) is 0 Å². The zero-order valence-corrected chi connectivity index (χ0v) is 12.4. The van der Waals surface area contributed by atoms with Gasteiger partial charge in [-0.15, -0.1) is 0 Å². The number of aromatic nitrogens is 1. The van der Waals surface area contributed by atoms with Crippen molar-refractivity contribution in [1.82, 2.24) is 4.98 Å². The summed E-state index contributed by atoms with van der Waals surface area (Å²) in [6.07, 6.45) is 1.26. The van der Waals surface area contributed by atoms with Gasteiger partial charge in [0.15, 0.2) is 5.03 Å². The zero-order valence-electron chi connectivity index (χ0n) is 10.0. The number of nitrogens with one attached hydrogen (secondary N) is 1. The van der Waals surface area contributed by atoms with Crippen LogP contribution in [0.3, 0.4) is 0 Å². The molecule has 0 aliphatic carbocycles. The van der Waals surface area contributed by atoms with Gasteiger partial charge in [0.25, 0.3) is 10.0 Å². The van der Waals surface area contributed by atoms with E-state index >= 15 is 0 Å². The highest BCUT2D eigenvalue weighted by molar-refractivity contribution is 9.10. The molecule has 0 amide bonds. The maximum Gasteiger partial charge on any atom is 0.279 e. The van der Waals surface area contributed by atoms with Crippen molar-refractivity contribution in [3.05, 3.63) is 52.4 Å². The second-order valence-corrected chi connectivity index (χ2v) is 6.38. The molecule has 2 aromatic rings. The Balaban J connectivity index is 2.27. The summed E-state index contributed by atoms with van der Waals surface area (Å²) in [5.74, 6) is -0.575. The molecule has 1 heterocycles. The van der Waals surface area contributed by atoms with Gasteiger partial charge in [0, 0.05) is 6.20 Å². The first-order valence-corrected chi connectivity index (χ1v) is 7.73. The lowest BCUT2D eigenvalue weighted by Gasteiger charge is -2.08. The van der Waals surface area contributed by atoms with Crippen molar-refractivity contribution in [2.45, 2.75) is 11.6 Å². The Morgan fingerprint density at radius 2 is 2.05 bits per heavy atom. The third-order valence-electron chi connectivity index (χ3n) is 2.43. The van der Waals surface area contributed by atoms with Crippen molar-refractivity contribution in [3.63, 3.8) is 0 Å². The summed E-state index contributed by atoms with van der Waals surface area (Å²) in [5.41, 5.74) is 0.595. The molecule has 2 N–H and O–H groups in total. The molecule has 8 heteroatoms. The van der Waals surface area contributed by atoms with Gasteiger partial charge in [-0.1, -0.05) is 6.07 Å². The number of aliphatic hydroxyl groups is 1. The molecule has 5 nitrogen and oxygen atoms in total. The fourth-order valence-corrected chi connectivity index (χ4v) is 2.66. The predicted molar refractivity (Wildman–Crippen MR) is 75.1 cm³/mol. The Morgan fingerprint density at radius 1 is 1.30 bits per heavy atom. The fraction of sp³-hybridized carbons (Fsp3) is 0.0833. The van der Waals surface area contributed by atoms with Crippen LogP contribution in [0.4, 0.5) is 10.1 Å². The summed E-state index contributed by atoms with van der Waals surface area (Å²) in [6, 6.07) is 6.60. The monoisotopic (exact) mass is 360 g/mol. The normalized spacial score (nSPS) is 11.3. The van der Waals surface area contributed by atoms with Crippen LogP contribution in [0.1, 0.15) is 5.56 Å². The van der Waals surface area contributed by atoms with Crippen LogP contribution in [0.2, 0.25) is 0 Å². The molecule has 0 atom stereocenters. The second-order valence-electron chi connectivity index (χ2n) is 3.90. The second kappa shape index (κ2) is 5.86. The lowest BCUT2D eigenvalue weighted by molar-refractivity contribution is 0.281. The van der Waals surface area contributed by atoms with Gasteiger partial charge >= 0.3 is 0 Å². The van der Waals surface area contributed by atoms with Gasteiger partial charge < -0.3 is 5.11 Å². The van der Waals surface area contributed by atoms with E-state index in [1.165, 1.54) is 30.5 Å². The zero-order chi connectivity index (χ0) is 14.8. The van der Waals surface area contributed by atoms with Crippen LogP contribution in [-0.2, 0) is 16.6 Å². The highest BCUT2D eigenvalue weighted by Crippen LogP contribution is 2.21. The first kappa shape index (κ1) is 14.9. The van der Waals surface area contributed by atoms with Crippen LogP contribution in [0.25, 0.3) is 0 Å². The minimum Gasteiger partial charge on any atom is -0.392 e. The summed E-state index contributed by atoms with van der Waals surface area (Å²) in [5, 5.41) is 8.66. The maximum absolute atomic E-state index is 13.3. The summed E-state index contributed by atoms with van der Waals surface area (Å²) in [4.78, 5) is 3.74. The summed E-state index contributed by atoms with van der Waals surface area (Å²) in [6.45, 7) is -0.224. The number of hydrogen-bond acceptors (Lipinski definition) is 4. The number of aliphatic hydroxyl groups excluding tert-OH is 1. The summed E-state index contributed by atoms with van der Waals surface area (Å²) >= 11 is 2.98.